The number of phenols is 1. The molecule has 1 atom stereocenters. The standard InChI is InChI=1S/C20H19N3O4/c1-26-16-3-5-19-13(7-16)6-14(11-27-19)20(25)23-17-4-2-12(8-18(17)24)15-9-21-22-10-15/h2-5,7-10,14,24H,6,11H2,1H3,(H,21,22)(H,23,25)/t14-/m1/s1. The Morgan fingerprint density at radius 3 is 2.93 bits per heavy atom. The van der Waals surface area contributed by atoms with Crippen LogP contribution in [0.2, 0.25) is 0 Å². The van der Waals surface area contributed by atoms with Gasteiger partial charge in [-0.25, -0.2) is 0 Å². The van der Waals surface area contributed by atoms with E-state index in [0.29, 0.717) is 18.7 Å². The van der Waals surface area contributed by atoms with Crippen molar-refractivity contribution in [1.82, 2.24) is 10.2 Å². The van der Waals surface area contributed by atoms with Gasteiger partial charge in [0.15, 0.2) is 0 Å². The first-order valence-electron chi connectivity index (χ1n) is 8.57. The van der Waals surface area contributed by atoms with Gasteiger partial charge in [0.1, 0.15) is 23.9 Å². The lowest BCUT2D eigenvalue weighted by atomic mass is 9.95. The highest BCUT2D eigenvalue weighted by molar-refractivity contribution is 5.94. The fourth-order valence-corrected chi connectivity index (χ4v) is 3.13. The molecule has 2 aromatic carbocycles. The maximum Gasteiger partial charge on any atom is 0.231 e. The average Bonchev–Trinajstić information content (AvgIpc) is 3.23. The number of H-pyrrole nitrogens is 1. The lowest BCUT2D eigenvalue weighted by molar-refractivity contribution is -0.121. The number of hydrogen-bond acceptors (Lipinski definition) is 5. The van der Waals surface area contributed by atoms with Crippen LogP contribution in [0, 0.1) is 5.92 Å². The van der Waals surface area contributed by atoms with Gasteiger partial charge in [0.25, 0.3) is 0 Å². The van der Waals surface area contributed by atoms with Crippen molar-refractivity contribution in [2.45, 2.75) is 6.42 Å². The van der Waals surface area contributed by atoms with Crippen LogP contribution in [0.1, 0.15) is 5.56 Å². The molecule has 2 heterocycles. The van der Waals surface area contributed by atoms with E-state index in [-0.39, 0.29) is 17.6 Å². The van der Waals surface area contributed by atoms with Crippen LogP contribution in [0.25, 0.3) is 11.1 Å². The van der Waals surface area contributed by atoms with Crippen LogP contribution < -0.4 is 14.8 Å². The van der Waals surface area contributed by atoms with Gasteiger partial charge in [-0.2, -0.15) is 5.10 Å². The van der Waals surface area contributed by atoms with E-state index in [1.165, 1.54) is 0 Å². The van der Waals surface area contributed by atoms with Crippen molar-refractivity contribution >= 4 is 11.6 Å². The number of ether oxygens (including phenoxy) is 2. The molecule has 7 heteroatoms. The smallest absolute Gasteiger partial charge is 0.231 e. The normalized spacial score (nSPS) is 15.5. The van der Waals surface area contributed by atoms with Crippen LogP contribution in [-0.2, 0) is 11.2 Å². The van der Waals surface area contributed by atoms with E-state index >= 15 is 0 Å². The Balaban J connectivity index is 1.48. The third-order valence-electron chi connectivity index (χ3n) is 4.63. The summed E-state index contributed by atoms with van der Waals surface area (Å²) in [5.41, 5.74) is 2.96. The van der Waals surface area contributed by atoms with Crippen molar-refractivity contribution in [3.8, 4) is 28.4 Å². The molecule has 3 aromatic rings. The van der Waals surface area contributed by atoms with Crippen molar-refractivity contribution in [2.75, 3.05) is 19.0 Å². The monoisotopic (exact) mass is 365 g/mol. The molecule has 7 nitrogen and oxygen atoms in total. The zero-order valence-electron chi connectivity index (χ0n) is 14.7. The molecule has 3 N–H and O–H groups in total. The van der Waals surface area contributed by atoms with Gasteiger partial charge >= 0.3 is 0 Å². The number of nitrogens with one attached hydrogen (secondary N) is 2. The molecule has 0 spiro atoms. The molecule has 0 unspecified atom stereocenters. The van der Waals surface area contributed by atoms with Crippen molar-refractivity contribution in [3.63, 3.8) is 0 Å². The van der Waals surface area contributed by atoms with E-state index in [4.69, 9.17) is 9.47 Å². The first-order valence-corrected chi connectivity index (χ1v) is 8.57. The van der Waals surface area contributed by atoms with E-state index in [2.05, 4.69) is 15.5 Å². The first-order chi connectivity index (χ1) is 13.1. The molecule has 0 saturated heterocycles. The van der Waals surface area contributed by atoms with Gasteiger partial charge in [-0.15, -0.1) is 0 Å². The third kappa shape index (κ3) is 3.44. The Morgan fingerprint density at radius 2 is 2.19 bits per heavy atom. The second-order valence-corrected chi connectivity index (χ2v) is 6.39. The highest BCUT2D eigenvalue weighted by atomic mass is 16.5. The molecule has 1 amide bonds. The minimum Gasteiger partial charge on any atom is -0.506 e. The van der Waals surface area contributed by atoms with E-state index in [0.717, 1.165) is 28.2 Å². The maximum atomic E-state index is 12.6. The number of aromatic nitrogens is 2. The number of methoxy groups -OCH3 is 1. The lowest BCUT2D eigenvalue weighted by Crippen LogP contribution is -2.32. The van der Waals surface area contributed by atoms with Crippen LogP contribution in [0.3, 0.4) is 0 Å². The molecule has 1 aromatic heterocycles. The summed E-state index contributed by atoms with van der Waals surface area (Å²) < 4.78 is 10.9. The summed E-state index contributed by atoms with van der Waals surface area (Å²) in [6.45, 7) is 0.291. The number of benzene rings is 2. The second-order valence-electron chi connectivity index (χ2n) is 6.39. The number of carbonyl (C=O) groups is 1. The quantitative estimate of drug-likeness (QED) is 0.618. The fourth-order valence-electron chi connectivity index (χ4n) is 3.13. The number of hydrogen-bond donors (Lipinski definition) is 3. The number of carbonyl (C=O) groups excluding carboxylic acids is 1. The Kier molecular flexibility index (Phi) is 4.42. The number of fused-ring (bicyclic) bond motifs is 1. The van der Waals surface area contributed by atoms with Crippen molar-refractivity contribution in [3.05, 3.63) is 54.4 Å². The number of amides is 1. The third-order valence-corrected chi connectivity index (χ3v) is 4.63. The van der Waals surface area contributed by atoms with Gasteiger partial charge in [0.05, 0.1) is 24.9 Å². The first kappa shape index (κ1) is 17.0. The van der Waals surface area contributed by atoms with E-state index in [1.807, 2.05) is 24.3 Å². The van der Waals surface area contributed by atoms with Gasteiger partial charge < -0.3 is 19.9 Å². The Bertz CT molecular complexity index is 969. The Morgan fingerprint density at radius 1 is 1.30 bits per heavy atom. The largest absolute Gasteiger partial charge is 0.506 e. The van der Waals surface area contributed by atoms with Crippen molar-refractivity contribution in [2.24, 2.45) is 5.92 Å². The van der Waals surface area contributed by atoms with Gasteiger partial charge in [0, 0.05) is 11.8 Å². The van der Waals surface area contributed by atoms with Crippen LogP contribution in [0.15, 0.2) is 48.8 Å². The molecule has 0 saturated carbocycles. The molecular weight excluding hydrogens is 346 g/mol. The SMILES string of the molecule is COc1ccc2c(c1)C[C@@H](C(=O)Nc1ccc(-c3cn[nH]c3)cc1O)CO2. The van der Waals surface area contributed by atoms with Gasteiger partial charge in [0.2, 0.25) is 5.91 Å². The lowest BCUT2D eigenvalue weighted by Gasteiger charge is -2.25. The minimum atomic E-state index is -0.349. The fraction of sp³-hybridized carbons (Fsp3) is 0.200. The molecule has 0 radical (unpaired) electrons. The topological polar surface area (TPSA) is 96.5 Å². The predicted molar refractivity (Wildman–Crippen MR) is 100 cm³/mol. The molecule has 0 fully saturated rings. The number of aromatic hydroxyl groups is 1. The predicted octanol–water partition coefficient (Wildman–Crippen LogP) is 2.98. The Labute approximate surface area is 155 Å². The van der Waals surface area contributed by atoms with Gasteiger partial charge in [-0.1, -0.05) is 6.07 Å². The number of anilines is 1. The van der Waals surface area contributed by atoms with Crippen LogP contribution in [0.5, 0.6) is 17.2 Å². The molecule has 27 heavy (non-hydrogen) atoms. The second kappa shape index (κ2) is 7.03. The zero-order valence-corrected chi connectivity index (χ0v) is 14.7. The summed E-state index contributed by atoms with van der Waals surface area (Å²) >= 11 is 0. The summed E-state index contributed by atoms with van der Waals surface area (Å²) in [6, 6.07) is 10.7. The van der Waals surface area contributed by atoms with Crippen molar-refractivity contribution in [1.29, 1.82) is 0 Å². The molecule has 0 bridgehead atoms. The Hall–Kier alpha value is -3.48. The summed E-state index contributed by atoms with van der Waals surface area (Å²) in [5, 5.41) is 19.7. The maximum absolute atomic E-state index is 12.6. The average molecular weight is 365 g/mol. The van der Waals surface area contributed by atoms with Crippen LogP contribution in [-0.4, -0.2) is 34.9 Å². The van der Waals surface area contributed by atoms with Crippen LogP contribution >= 0.6 is 0 Å². The van der Waals surface area contributed by atoms with Crippen LogP contribution in [0.4, 0.5) is 5.69 Å². The molecule has 138 valence electrons. The molecule has 1 aliphatic rings. The van der Waals surface area contributed by atoms with E-state index < -0.39 is 0 Å². The minimum absolute atomic E-state index is 0.000784. The number of rotatable bonds is 4. The number of phenolic OH excluding ortho intramolecular Hbond substituents is 1. The van der Waals surface area contributed by atoms with Gasteiger partial charge in [-0.05, 0) is 47.9 Å². The summed E-state index contributed by atoms with van der Waals surface area (Å²) in [6.07, 6.45) is 3.95. The van der Waals surface area contributed by atoms with E-state index in [9.17, 15) is 9.90 Å². The molecule has 0 aliphatic carbocycles. The summed E-state index contributed by atoms with van der Waals surface area (Å²) in [4.78, 5) is 12.6. The van der Waals surface area contributed by atoms with Crippen molar-refractivity contribution < 1.29 is 19.4 Å². The number of nitrogens with zero attached hydrogens (tertiary/aromatic N) is 1. The number of aromatic amines is 1. The van der Waals surface area contributed by atoms with Gasteiger partial charge in [-0.3, -0.25) is 9.89 Å². The highest BCUT2D eigenvalue weighted by Crippen LogP contribution is 2.33. The summed E-state index contributed by atoms with van der Waals surface area (Å²) in [5.74, 6) is 0.950. The summed E-state index contributed by atoms with van der Waals surface area (Å²) in [7, 11) is 1.60. The highest BCUT2D eigenvalue weighted by Gasteiger charge is 2.27. The molecular formula is C20H19N3O4. The van der Waals surface area contributed by atoms with E-state index in [1.54, 1.807) is 31.6 Å². The molecule has 4 rings (SSSR count). The molecule has 1 aliphatic heterocycles. The zero-order chi connectivity index (χ0) is 18.8.